The molecule has 1 amide bonds. The molecule has 0 N–H and O–H groups in total. The van der Waals surface area contributed by atoms with Gasteiger partial charge in [-0.1, -0.05) is 31.5 Å². The van der Waals surface area contributed by atoms with Gasteiger partial charge in [0.1, 0.15) is 0 Å². The van der Waals surface area contributed by atoms with Crippen molar-refractivity contribution in [1.82, 2.24) is 4.90 Å². The van der Waals surface area contributed by atoms with Crippen LogP contribution in [0.25, 0.3) is 0 Å². The van der Waals surface area contributed by atoms with E-state index in [0.717, 1.165) is 25.9 Å². The molecule has 0 saturated heterocycles. The fourth-order valence-electron chi connectivity index (χ4n) is 1.66. The Balaban J connectivity index is 2.81. The summed E-state index contributed by atoms with van der Waals surface area (Å²) in [6.45, 7) is 5.76. The van der Waals surface area contributed by atoms with Gasteiger partial charge >= 0.3 is 0 Å². The lowest BCUT2D eigenvalue weighted by Gasteiger charge is -2.21. The van der Waals surface area contributed by atoms with Crippen molar-refractivity contribution in [2.45, 2.75) is 26.7 Å². The summed E-state index contributed by atoms with van der Waals surface area (Å²) in [7, 11) is 0. The van der Waals surface area contributed by atoms with Gasteiger partial charge in [-0.05, 0) is 31.0 Å². The molecule has 0 unspecified atom stereocenters. The Bertz CT molecular complexity index is 346. The minimum absolute atomic E-state index is 0.0752. The van der Waals surface area contributed by atoms with Crippen LogP contribution in [0.3, 0.4) is 0 Å². The lowest BCUT2D eigenvalue weighted by molar-refractivity contribution is 0.0755. The molecule has 1 aromatic carbocycles. The van der Waals surface area contributed by atoms with Crippen LogP contribution in [0, 0.1) is 0 Å². The van der Waals surface area contributed by atoms with Crippen LogP contribution in [0.15, 0.2) is 24.3 Å². The second-order valence-corrected chi connectivity index (χ2v) is 4.24. The van der Waals surface area contributed by atoms with Crippen molar-refractivity contribution in [3.63, 3.8) is 0 Å². The second-order valence-electron chi connectivity index (χ2n) is 3.80. The van der Waals surface area contributed by atoms with E-state index in [9.17, 15) is 4.79 Å². The first-order valence-corrected chi connectivity index (χ1v) is 6.11. The zero-order chi connectivity index (χ0) is 12.0. The van der Waals surface area contributed by atoms with Crippen molar-refractivity contribution in [3.8, 4) is 0 Å². The highest BCUT2D eigenvalue weighted by Crippen LogP contribution is 2.13. The summed E-state index contributed by atoms with van der Waals surface area (Å²) in [5.41, 5.74) is 0.675. The summed E-state index contributed by atoms with van der Waals surface area (Å²) in [5, 5.41) is 0.610. The summed E-state index contributed by atoms with van der Waals surface area (Å²) in [5.74, 6) is 0.0752. The van der Waals surface area contributed by atoms with Crippen LogP contribution in [0.1, 0.15) is 37.0 Å². The van der Waals surface area contributed by atoms with Crippen LogP contribution >= 0.6 is 11.6 Å². The predicted octanol–water partition coefficient (Wildman–Crippen LogP) is 3.60. The van der Waals surface area contributed by atoms with Gasteiger partial charge in [0.05, 0.1) is 0 Å². The first kappa shape index (κ1) is 13.0. The maximum absolute atomic E-state index is 12.1. The summed E-state index contributed by atoms with van der Waals surface area (Å²) in [6.07, 6.45) is 1.96. The molecule has 0 aliphatic heterocycles. The van der Waals surface area contributed by atoms with Crippen molar-refractivity contribution in [2.24, 2.45) is 0 Å². The van der Waals surface area contributed by atoms with Crippen molar-refractivity contribution in [3.05, 3.63) is 34.9 Å². The number of rotatable bonds is 5. The molecule has 0 aliphatic carbocycles. The maximum Gasteiger partial charge on any atom is 0.253 e. The van der Waals surface area contributed by atoms with Crippen molar-refractivity contribution >= 4 is 17.5 Å². The second kappa shape index (κ2) is 6.54. The van der Waals surface area contributed by atoms with Gasteiger partial charge < -0.3 is 4.90 Å². The van der Waals surface area contributed by atoms with Crippen molar-refractivity contribution in [1.29, 1.82) is 0 Å². The molecule has 0 saturated carbocycles. The van der Waals surface area contributed by atoms with E-state index in [-0.39, 0.29) is 5.91 Å². The van der Waals surface area contributed by atoms with E-state index >= 15 is 0 Å². The molecule has 0 bridgehead atoms. The van der Waals surface area contributed by atoms with Gasteiger partial charge in [-0.25, -0.2) is 0 Å². The largest absolute Gasteiger partial charge is 0.339 e. The van der Waals surface area contributed by atoms with Crippen LogP contribution in [0.2, 0.25) is 5.02 Å². The number of benzene rings is 1. The minimum Gasteiger partial charge on any atom is -0.339 e. The number of hydrogen-bond acceptors (Lipinski definition) is 1. The first-order chi connectivity index (χ1) is 7.69. The fraction of sp³-hybridized carbons (Fsp3) is 0.462. The van der Waals surface area contributed by atoms with Crippen LogP contribution in [0.5, 0.6) is 0 Å². The molecule has 1 aromatic rings. The average Bonchev–Trinajstić information content (AvgIpc) is 2.28. The number of carbonyl (C=O) groups excluding carboxylic acids is 1. The zero-order valence-electron chi connectivity index (χ0n) is 9.87. The number of hydrogen-bond donors (Lipinski definition) is 0. The van der Waals surface area contributed by atoms with Gasteiger partial charge in [0.25, 0.3) is 5.91 Å². The smallest absolute Gasteiger partial charge is 0.253 e. The Morgan fingerprint density at radius 2 is 1.88 bits per heavy atom. The minimum atomic E-state index is 0.0752. The molecule has 2 nitrogen and oxygen atoms in total. The highest BCUT2D eigenvalue weighted by molar-refractivity contribution is 6.30. The van der Waals surface area contributed by atoms with Gasteiger partial charge in [0.2, 0.25) is 0 Å². The van der Waals surface area contributed by atoms with Crippen molar-refractivity contribution in [2.75, 3.05) is 13.1 Å². The predicted molar refractivity (Wildman–Crippen MR) is 67.9 cm³/mol. The third-order valence-electron chi connectivity index (χ3n) is 2.35. The lowest BCUT2D eigenvalue weighted by atomic mass is 10.2. The third kappa shape index (κ3) is 3.53. The van der Waals surface area contributed by atoms with E-state index in [1.165, 1.54) is 0 Å². The van der Waals surface area contributed by atoms with Gasteiger partial charge in [-0.15, -0.1) is 0 Å². The normalized spacial score (nSPS) is 10.2. The molecule has 0 aliphatic rings. The first-order valence-electron chi connectivity index (χ1n) is 5.73. The van der Waals surface area contributed by atoms with E-state index in [1.807, 2.05) is 17.0 Å². The fourth-order valence-corrected chi connectivity index (χ4v) is 1.85. The van der Waals surface area contributed by atoms with E-state index in [0.29, 0.717) is 10.6 Å². The van der Waals surface area contributed by atoms with Gasteiger partial charge in [0.15, 0.2) is 0 Å². The number of carbonyl (C=O) groups is 1. The molecular weight excluding hydrogens is 222 g/mol. The monoisotopic (exact) mass is 239 g/mol. The SMILES string of the molecule is CCCN(CCC)C(=O)c1cccc(Cl)c1. The summed E-state index contributed by atoms with van der Waals surface area (Å²) in [6, 6.07) is 7.13. The molecule has 1 rings (SSSR count). The lowest BCUT2D eigenvalue weighted by Crippen LogP contribution is -2.32. The molecule has 0 aromatic heterocycles. The Hall–Kier alpha value is -1.02. The highest BCUT2D eigenvalue weighted by atomic mass is 35.5. The summed E-state index contributed by atoms with van der Waals surface area (Å²) < 4.78 is 0. The molecule has 0 fully saturated rings. The molecule has 0 heterocycles. The Labute approximate surface area is 102 Å². The number of halogens is 1. The maximum atomic E-state index is 12.1. The molecule has 3 heteroatoms. The highest BCUT2D eigenvalue weighted by Gasteiger charge is 2.13. The molecular formula is C13H18ClNO. The van der Waals surface area contributed by atoms with Crippen LogP contribution < -0.4 is 0 Å². The van der Waals surface area contributed by atoms with E-state index in [2.05, 4.69) is 13.8 Å². The number of amides is 1. The van der Waals surface area contributed by atoms with E-state index in [1.54, 1.807) is 12.1 Å². The Kier molecular flexibility index (Phi) is 5.33. The molecule has 0 atom stereocenters. The van der Waals surface area contributed by atoms with Crippen molar-refractivity contribution < 1.29 is 4.79 Å². The van der Waals surface area contributed by atoms with E-state index < -0.39 is 0 Å². The van der Waals surface area contributed by atoms with Crippen LogP contribution in [-0.4, -0.2) is 23.9 Å². The molecule has 0 radical (unpaired) electrons. The topological polar surface area (TPSA) is 20.3 Å². The quantitative estimate of drug-likeness (QED) is 0.769. The Morgan fingerprint density at radius 1 is 1.25 bits per heavy atom. The standard InChI is InChI=1S/C13H18ClNO/c1-3-8-15(9-4-2)13(16)11-6-5-7-12(14)10-11/h5-7,10H,3-4,8-9H2,1-2H3. The van der Waals surface area contributed by atoms with E-state index in [4.69, 9.17) is 11.6 Å². The summed E-state index contributed by atoms with van der Waals surface area (Å²) >= 11 is 5.88. The van der Waals surface area contributed by atoms with Crippen LogP contribution in [-0.2, 0) is 0 Å². The summed E-state index contributed by atoms with van der Waals surface area (Å²) in [4.78, 5) is 14.0. The third-order valence-corrected chi connectivity index (χ3v) is 2.58. The Morgan fingerprint density at radius 3 is 2.38 bits per heavy atom. The molecule has 88 valence electrons. The van der Waals surface area contributed by atoms with Crippen LogP contribution in [0.4, 0.5) is 0 Å². The molecule has 0 spiro atoms. The number of nitrogens with zero attached hydrogens (tertiary/aromatic N) is 1. The molecule has 16 heavy (non-hydrogen) atoms. The van der Waals surface area contributed by atoms with Gasteiger partial charge in [-0.2, -0.15) is 0 Å². The zero-order valence-corrected chi connectivity index (χ0v) is 10.6. The average molecular weight is 240 g/mol. The van der Waals surface area contributed by atoms with Gasteiger partial charge in [0, 0.05) is 23.7 Å². The van der Waals surface area contributed by atoms with Gasteiger partial charge in [-0.3, -0.25) is 4.79 Å².